The van der Waals surface area contributed by atoms with Crippen molar-refractivity contribution in [1.29, 1.82) is 0 Å². The van der Waals surface area contributed by atoms with E-state index in [1.54, 1.807) is 11.8 Å². The number of carbonyl (C=O) groups excluding carboxylic acids is 1. The SMILES string of the molecule is CSc1ccccc1NC(=O)c1ccc2c(c1)NCC2. The maximum absolute atomic E-state index is 12.3. The summed E-state index contributed by atoms with van der Waals surface area (Å²) in [6.07, 6.45) is 3.04. The van der Waals surface area contributed by atoms with E-state index in [0.717, 1.165) is 29.2 Å². The summed E-state index contributed by atoms with van der Waals surface area (Å²) in [4.78, 5) is 13.4. The fourth-order valence-corrected chi connectivity index (χ4v) is 2.93. The first kappa shape index (κ1) is 13.1. The van der Waals surface area contributed by atoms with E-state index in [-0.39, 0.29) is 5.91 Å². The van der Waals surface area contributed by atoms with Gasteiger partial charge in [0.05, 0.1) is 5.69 Å². The average Bonchev–Trinajstić information content (AvgIpc) is 2.95. The van der Waals surface area contributed by atoms with Crippen LogP contribution in [0.1, 0.15) is 15.9 Å². The second-order valence-electron chi connectivity index (χ2n) is 4.70. The Labute approximate surface area is 122 Å². The highest BCUT2D eigenvalue weighted by Gasteiger charge is 2.14. The smallest absolute Gasteiger partial charge is 0.255 e. The largest absolute Gasteiger partial charge is 0.384 e. The molecule has 1 amide bonds. The maximum Gasteiger partial charge on any atom is 0.255 e. The molecule has 2 aromatic rings. The zero-order valence-electron chi connectivity index (χ0n) is 11.3. The highest BCUT2D eigenvalue weighted by atomic mass is 32.2. The van der Waals surface area contributed by atoms with Gasteiger partial charge in [0.15, 0.2) is 0 Å². The van der Waals surface area contributed by atoms with Gasteiger partial charge in [0, 0.05) is 22.7 Å². The summed E-state index contributed by atoms with van der Waals surface area (Å²) in [5.74, 6) is -0.0667. The highest BCUT2D eigenvalue weighted by molar-refractivity contribution is 7.98. The molecular weight excluding hydrogens is 268 g/mol. The molecule has 0 spiro atoms. The summed E-state index contributed by atoms with van der Waals surface area (Å²) < 4.78 is 0. The Kier molecular flexibility index (Phi) is 3.65. The number of hydrogen-bond acceptors (Lipinski definition) is 3. The van der Waals surface area contributed by atoms with Crippen molar-refractivity contribution < 1.29 is 4.79 Å². The summed E-state index contributed by atoms with van der Waals surface area (Å²) >= 11 is 1.63. The molecule has 3 nitrogen and oxygen atoms in total. The third-order valence-corrected chi connectivity index (χ3v) is 4.23. The van der Waals surface area contributed by atoms with Crippen LogP contribution in [0.4, 0.5) is 11.4 Å². The van der Waals surface area contributed by atoms with Crippen LogP contribution in [0.15, 0.2) is 47.4 Å². The molecule has 4 heteroatoms. The third kappa shape index (κ3) is 2.51. The quantitative estimate of drug-likeness (QED) is 0.846. The first-order chi connectivity index (χ1) is 9.78. The van der Waals surface area contributed by atoms with E-state index in [2.05, 4.69) is 10.6 Å². The van der Waals surface area contributed by atoms with Crippen LogP contribution in [0.3, 0.4) is 0 Å². The normalized spacial score (nSPS) is 12.7. The van der Waals surface area contributed by atoms with Crippen molar-refractivity contribution in [2.45, 2.75) is 11.3 Å². The Bertz CT molecular complexity index is 655. The van der Waals surface area contributed by atoms with Gasteiger partial charge in [-0.15, -0.1) is 11.8 Å². The number of anilines is 2. The van der Waals surface area contributed by atoms with Crippen molar-refractivity contribution in [1.82, 2.24) is 0 Å². The molecule has 0 aromatic heterocycles. The molecule has 20 heavy (non-hydrogen) atoms. The minimum absolute atomic E-state index is 0.0667. The lowest BCUT2D eigenvalue weighted by atomic mass is 10.1. The van der Waals surface area contributed by atoms with Crippen LogP contribution in [0.5, 0.6) is 0 Å². The first-order valence-corrected chi connectivity index (χ1v) is 7.81. The minimum Gasteiger partial charge on any atom is -0.384 e. The Morgan fingerprint density at radius 1 is 1.25 bits per heavy atom. The molecule has 3 rings (SSSR count). The van der Waals surface area contributed by atoms with Gasteiger partial charge < -0.3 is 10.6 Å². The van der Waals surface area contributed by atoms with Gasteiger partial charge in [-0.25, -0.2) is 0 Å². The topological polar surface area (TPSA) is 41.1 Å². The molecule has 0 fully saturated rings. The van der Waals surface area contributed by atoms with E-state index in [9.17, 15) is 4.79 Å². The van der Waals surface area contributed by atoms with Gasteiger partial charge >= 0.3 is 0 Å². The number of benzene rings is 2. The number of rotatable bonds is 3. The van der Waals surface area contributed by atoms with Gasteiger partial charge in [0.25, 0.3) is 5.91 Å². The van der Waals surface area contributed by atoms with Crippen molar-refractivity contribution >= 4 is 29.0 Å². The Morgan fingerprint density at radius 3 is 2.95 bits per heavy atom. The summed E-state index contributed by atoms with van der Waals surface area (Å²) in [6, 6.07) is 13.7. The average molecular weight is 284 g/mol. The van der Waals surface area contributed by atoms with E-state index >= 15 is 0 Å². The Morgan fingerprint density at radius 2 is 2.10 bits per heavy atom. The van der Waals surface area contributed by atoms with Crippen LogP contribution in [0.25, 0.3) is 0 Å². The van der Waals surface area contributed by atoms with Crippen molar-refractivity contribution in [3.63, 3.8) is 0 Å². The predicted octanol–water partition coefficient (Wildman–Crippen LogP) is 3.63. The third-order valence-electron chi connectivity index (χ3n) is 3.44. The van der Waals surface area contributed by atoms with Crippen molar-refractivity contribution in [2.24, 2.45) is 0 Å². The Balaban J connectivity index is 1.83. The lowest BCUT2D eigenvalue weighted by Crippen LogP contribution is -2.12. The minimum atomic E-state index is -0.0667. The molecule has 1 aliphatic heterocycles. The van der Waals surface area contributed by atoms with Crippen LogP contribution in [-0.2, 0) is 6.42 Å². The molecule has 0 aliphatic carbocycles. The number of carbonyl (C=O) groups is 1. The second kappa shape index (κ2) is 5.59. The second-order valence-corrected chi connectivity index (χ2v) is 5.55. The molecule has 0 saturated heterocycles. The summed E-state index contributed by atoms with van der Waals surface area (Å²) in [6.45, 7) is 0.954. The monoisotopic (exact) mass is 284 g/mol. The molecule has 102 valence electrons. The van der Waals surface area contributed by atoms with E-state index < -0.39 is 0 Å². The van der Waals surface area contributed by atoms with E-state index in [0.29, 0.717) is 5.56 Å². The molecule has 0 saturated carbocycles. The van der Waals surface area contributed by atoms with Gasteiger partial charge in [-0.2, -0.15) is 0 Å². The number of amides is 1. The van der Waals surface area contributed by atoms with Gasteiger partial charge in [0.2, 0.25) is 0 Å². The van der Waals surface area contributed by atoms with E-state index in [4.69, 9.17) is 0 Å². The molecule has 2 N–H and O–H groups in total. The van der Waals surface area contributed by atoms with Crippen LogP contribution >= 0.6 is 11.8 Å². The zero-order valence-corrected chi connectivity index (χ0v) is 12.1. The van der Waals surface area contributed by atoms with Gasteiger partial charge in [-0.05, 0) is 42.5 Å². The van der Waals surface area contributed by atoms with Gasteiger partial charge in [-0.3, -0.25) is 4.79 Å². The summed E-state index contributed by atoms with van der Waals surface area (Å²) in [7, 11) is 0. The Hall–Kier alpha value is -1.94. The van der Waals surface area contributed by atoms with Crippen LogP contribution < -0.4 is 10.6 Å². The van der Waals surface area contributed by atoms with Crippen LogP contribution in [0, 0.1) is 0 Å². The maximum atomic E-state index is 12.3. The van der Waals surface area contributed by atoms with Crippen LogP contribution in [-0.4, -0.2) is 18.7 Å². The number of para-hydroxylation sites is 1. The van der Waals surface area contributed by atoms with Crippen molar-refractivity contribution in [2.75, 3.05) is 23.4 Å². The summed E-state index contributed by atoms with van der Waals surface area (Å²) in [5, 5.41) is 6.28. The number of hydrogen-bond donors (Lipinski definition) is 2. The molecule has 2 aromatic carbocycles. The molecule has 0 bridgehead atoms. The lowest BCUT2D eigenvalue weighted by molar-refractivity contribution is 0.102. The predicted molar refractivity (Wildman–Crippen MR) is 84.8 cm³/mol. The number of nitrogens with one attached hydrogen (secondary N) is 2. The zero-order chi connectivity index (χ0) is 13.9. The molecule has 0 unspecified atom stereocenters. The fraction of sp³-hybridized carbons (Fsp3) is 0.188. The number of thioether (sulfide) groups is 1. The fourth-order valence-electron chi connectivity index (χ4n) is 2.37. The molecule has 1 aliphatic rings. The first-order valence-electron chi connectivity index (χ1n) is 6.59. The van der Waals surface area contributed by atoms with E-state index in [1.807, 2.05) is 48.7 Å². The molecule has 0 radical (unpaired) electrons. The van der Waals surface area contributed by atoms with Crippen LogP contribution in [0.2, 0.25) is 0 Å². The molecule has 0 atom stereocenters. The van der Waals surface area contributed by atoms with Gasteiger partial charge in [0.1, 0.15) is 0 Å². The molecule has 1 heterocycles. The lowest BCUT2D eigenvalue weighted by Gasteiger charge is -2.10. The van der Waals surface area contributed by atoms with Gasteiger partial charge in [-0.1, -0.05) is 18.2 Å². The number of fused-ring (bicyclic) bond motifs is 1. The highest BCUT2D eigenvalue weighted by Crippen LogP contribution is 2.26. The molecular formula is C16H16N2OS. The standard InChI is InChI=1S/C16H16N2OS/c1-20-15-5-3-2-4-13(15)18-16(19)12-7-6-11-8-9-17-14(11)10-12/h2-7,10,17H,8-9H2,1H3,(H,18,19). The summed E-state index contributed by atoms with van der Waals surface area (Å²) in [5.41, 5.74) is 3.91. The van der Waals surface area contributed by atoms with Crippen molar-refractivity contribution in [3.05, 3.63) is 53.6 Å². The van der Waals surface area contributed by atoms with E-state index in [1.165, 1.54) is 5.56 Å². The van der Waals surface area contributed by atoms with Crippen molar-refractivity contribution in [3.8, 4) is 0 Å².